The second kappa shape index (κ2) is 10.6. The number of nitrogens with one attached hydrogen (secondary N) is 1. The first kappa shape index (κ1) is 23.8. The van der Waals surface area contributed by atoms with Crippen LogP contribution in [-0.2, 0) is 20.9 Å². The van der Waals surface area contributed by atoms with E-state index in [1.54, 1.807) is 18.2 Å². The highest BCUT2D eigenvalue weighted by Crippen LogP contribution is 2.17. The van der Waals surface area contributed by atoms with Crippen LogP contribution in [0.15, 0.2) is 54.6 Å². The lowest BCUT2D eigenvalue weighted by Crippen LogP contribution is -2.20. The summed E-state index contributed by atoms with van der Waals surface area (Å²) in [7, 11) is 3.89. The summed E-state index contributed by atoms with van der Waals surface area (Å²) in [6, 6.07) is 15.7. The van der Waals surface area contributed by atoms with E-state index in [2.05, 4.69) is 41.6 Å². The Balaban J connectivity index is 1.54. The first-order chi connectivity index (χ1) is 15.7. The zero-order valence-electron chi connectivity index (χ0n) is 19.8. The van der Waals surface area contributed by atoms with Crippen LogP contribution in [0.5, 0.6) is 0 Å². The van der Waals surface area contributed by atoms with Crippen LogP contribution in [0.1, 0.15) is 28.1 Å². The molecule has 1 aromatic heterocycles. The number of benzene rings is 2. The van der Waals surface area contributed by atoms with Crippen LogP contribution in [0.3, 0.4) is 0 Å². The van der Waals surface area contributed by atoms with Crippen molar-refractivity contribution in [1.29, 1.82) is 0 Å². The Kier molecular flexibility index (Phi) is 7.66. The summed E-state index contributed by atoms with van der Waals surface area (Å²) < 4.78 is 7.00. The van der Waals surface area contributed by atoms with Gasteiger partial charge in [0.1, 0.15) is 0 Å². The molecule has 0 radical (unpaired) electrons. The van der Waals surface area contributed by atoms with Gasteiger partial charge >= 0.3 is 5.97 Å². The van der Waals surface area contributed by atoms with Crippen LogP contribution in [0.4, 0.5) is 11.4 Å². The average molecular weight is 447 g/mol. The van der Waals surface area contributed by atoms with Crippen LogP contribution in [0.25, 0.3) is 6.08 Å². The molecule has 0 aliphatic heterocycles. The number of ether oxygens (including phenoxy) is 1. The molecule has 3 rings (SSSR count). The summed E-state index contributed by atoms with van der Waals surface area (Å²) >= 11 is 0. The SMILES string of the molecule is Cc1ccc(Cn2nc(C)c(/C=C/C(=O)OCC(=O)Nc3ccc(N(C)C)cc3)c2C)cc1. The average Bonchev–Trinajstić information content (AvgIpc) is 3.05. The van der Waals surface area contributed by atoms with Crippen molar-refractivity contribution in [3.8, 4) is 0 Å². The number of aromatic nitrogens is 2. The number of amides is 1. The van der Waals surface area contributed by atoms with E-state index in [0.29, 0.717) is 12.2 Å². The van der Waals surface area contributed by atoms with Crippen molar-refractivity contribution < 1.29 is 14.3 Å². The molecule has 0 aliphatic carbocycles. The quantitative estimate of drug-likeness (QED) is 0.416. The van der Waals surface area contributed by atoms with Crippen molar-refractivity contribution >= 4 is 29.3 Å². The molecule has 0 saturated heterocycles. The molecule has 33 heavy (non-hydrogen) atoms. The van der Waals surface area contributed by atoms with Gasteiger partial charge in [0.25, 0.3) is 5.91 Å². The molecule has 0 fully saturated rings. The number of rotatable bonds is 8. The number of anilines is 2. The molecule has 0 bridgehead atoms. The van der Waals surface area contributed by atoms with Crippen molar-refractivity contribution in [2.24, 2.45) is 0 Å². The molecule has 0 atom stereocenters. The van der Waals surface area contributed by atoms with Crippen LogP contribution in [0, 0.1) is 20.8 Å². The van der Waals surface area contributed by atoms with E-state index < -0.39 is 11.9 Å². The zero-order chi connectivity index (χ0) is 24.0. The van der Waals surface area contributed by atoms with E-state index in [0.717, 1.165) is 28.2 Å². The predicted octanol–water partition coefficient (Wildman–Crippen LogP) is 4.12. The van der Waals surface area contributed by atoms with Gasteiger partial charge in [0.05, 0.1) is 12.2 Å². The number of nitrogens with zero attached hydrogens (tertiary/aromatic N) is 3. The van der Waals surface area contributed by atoms with Gasteiger partial charge in [0, 0.05) is 42.8 Å². The highest BCUT2D eigenvalue weighted by atomic mass is 16.5. The summed E-state index contributed by atoms with van der Waals surface area (Å²) in [5.41, 5.74) is 6.68. The zero-order valence-corrected chi connectivity index (χ0v) is 19.8. The van der Waals surface area contributed by atoms with Gasteiger partial charge < -0.3 is 15.0 Å². The lowest BCUT2D eigenvalue weighted by Gasteiger charge is -2.13. The minimum absolute atomic E-state index is 0.358. The molecule has 1 amide bonds. The fourth-order valence-electron chi connectivity index (χ4n) is 3.35. The van der Waals surface area contributed by atoms with Gasteiger partial charge in [-0.3, -0.25) is 9.48 Å². The van der Waals surface area contributed by atoms with Gasteiger partial charge in [0.2, 0.25) is 0 Å². The Labute approximate surface area is 194 Å². The summed E-state index contributed by atoms with van der Waals surface area (Å²) in [5, 5.41) is 7.30. The number of hydrogen-bond acceptors (Lipinski definition) is 5. The van der Waals surface area contributed by atoms with Crippen molar-refractivity contribution in [3.05, 3.63) is 82.7 Å². The summed E-state index contributed by atoms with van der Waals surface area (Å²) in [5.74, 6) is -0.981. The minimum atomic E-state index is -0.585. The summed E-state index contributed by atoms with van der Waals surface area (Å²) in [4.78, 5) is 26.2. The fraction of sp³-hybridized carbons (Fsp3) is 0.269. The van der Waals surface area contributed by atoms with E-state index in [1.165, 1.54) is 11.6 Å². The molecule has 1 heterocycles. The molecule has 7 nitrogen and oxygen atoms in total. The first-order valence-corrected chi connectivity index (χ1v) is 10.7. The van der Waals surface area contributed by atoms with Gasteiger partial charge in [-0.1, -0.05) is 29.8 Å². The molecular formula is C26H30N4O3. The Morgan fingerprint density at radius 2 is 1.70 bits per heavy atom. The molecule has 0 spiro atoms. The summed E-state index contributed by atoms with van der Waals surface area (Å²) in [6.07, 6.45) is 3.01. The van der Waals surface area contributed by atoms with Crippen LogP contribution >= 0.6 is 0 Å². The number of esters is 1. The highest BCUT2D eigenvalue weighted by Gasteiger charge is 2.11. The molecule has 0 unspecified atom stereocenters. The monoisotopic (exact) mass is 446 g/mol. The Bertz CT molecular complexity index is 1140. The molecule has 1 N–H and O–H groups in total. The maximum absolute atomic E-state index is 12.1. The van der Waals surface area contributed by atoms with Crippen molar-refractivity contribution in [2.45, 2.75) is 27.3 Å². The number of hydrogen-bond donors (Lipinski definition) is 1. The van der Waals surface area contributed by atoms with Crippen molar-refractivity contribution in [2.75, 3.05) is 30.9 Å². The van der Waals surface area contributed by atoms with Gasteiger partial charge in [-0.2, -0.15) is 5.10 Å². The van der Waals surface area contributed by atoms with Crippen LogP contribution in [0.2, 0.25) is 0 Å². The maximum Gasteiger partial charge on any atom is 0.331 e. The molecule has 7 heteroatoms. The van der Waals surface area contributed by atoms with E-state index in [-0.39, 0.29) is 6.61 Å². The smallest absolute Gasteiger partial charge is 0.331 e. The maximum atomic E-state index is 12.1. The second-order valence-corrected chi connectivity index (χ2v) is 8.16. The van der Waals surface area contributed by atoms with Gasteiger partial charge in [-0.15, -0.1) is 0 Å². The molecule has 0 aliphatic rings. The lowest BCUT2D eigenvalue weighted by molar-refractivity contribution is -0.142. The largest absolute Gasteiger partial charge is 0.452 e. The molecule has 2 aromatic carbocycles. The lowest BCUT2D eigenvalue weighted by atomic mass is 10.1. The Morgan fingerprint density at radius 3 is 2.33 bits per heavy atom. The second-order valence-electron chi connectivity index (χ2n) is 8.16. The Morgan fingerprint density at radius 1 is 1.03 bits per heavy atom. The van der Waals surface area contributed by atoms with Crippen molar-refractivity contribution in [3.63, 3.8) is 0 Å². The first-order valence-electron chi connectivity index (χ1n) is 10.7. The minimum Gasteiger partial charge on any atom is -0.452 e. The van der Waals surface area contributed by atoms with Crippen LogP contribution in [-0.4, -0.2) is 42.4 Å². The standard InChI is InChI=1S/C26H30N4O3/c1-18-6-8-21(9-7-18)16-30-20(3)24(19(2)28-30)14-15-26(32)33-17-25(31)27-22-10-12-23(13-11-22)29(4)5/h6-15H,16-17H2,1-5H3,(H,27,31)/b15-14+. The normalized spacial score (nSPS) is 10.9. The third kappa shape index (κ3) is 6.55. The fourth-order valence-corrected chi connectivity index (χ4v) is 3.35. The summed E-state index contributed by atoms with van der Waals surface area (Å²) in [6.45, 7) is 6.22. The van der Waals surface area contributed by atoms with E-state index >= 15 is 0 Å². The number of carbonyl (C=O) groups is 2. The molecular weight excluding hydrogens is 416 g/mol. The molecule has 172 valence electrons. The third-order valence-electron chi connectivity index (χ3n) is 5.29. The van der Waals surface area contributed by atoms with Gasteiger partial charge in [-0.25, -0.2) is 4.79 Å². The van der Waals surface area contributed by atoms with E-state index in [1.807, 2.05) is 49.7 Å². The van der Waals surface area contributed by atoms with E-state index in [9.17, 15) is 9.59 Å². The highest BCUT2D eigenvalue weighted by molar-refractivity contribution is 5.94. The predicted molar refractivity (Wildman–Crippen MR) is 131 cm³/mol. The third-order valence-corrected chi connectivity index (χ3v) is 5.29. The van der Waals surface area contributed by atoms with Gasteiger partial charge in [0.15, 0.2) is 6.61 Å². The number of carbonyl (C=O) groups excluding carboxylic acids is 2. The molecule has 0 saturated carbocycles. The van der Waals surface area contributed by atoms with Crippen LogP contribution < -0.4 is 10.2 Å². The Hall–Kier alpha value is -3.87. The van der Waals surface area contributed by atoms with E-state index in [4.69, 9.17) is 4.74 Å². The topological polar surface area (TPSA) is 76.5 Å². The van der Waals surface area contributed by atoms with Gasteiger partial charge in [-0.05, 0) is 56.7 Å². The molecule has 3 aromatic rings. The number of aryl methyl sites for hydroxylation is 2. The van der Waals surface area contributed by atoms with Crippen molar-refractivity contribution in [1.82, 2.24) is 9.78 Å².